The van der Waals surface area contributed by atoms with E-state index >= 15 is 0 Å². The molecule has 3 saturated heterocycles. The molecular formula is C59H92N2O16. The van der Waals surface area contributed by atoms with Crippen LogP contribution in [0.5, 0.6) is 0 Å². The molecule has 5 rings (SSSR count). The number of hydrogen-bond donors (Lipinski definition) is 2. The van der Waals surface area contributed by atoms with Crippen LogP contribution in [0.1, 0.15) is 126 Å². The van der Waals surface area contributed by atoms with Crippen molar-refractivity contribution in [3.05, 3.63) is 47.6 Å². The van der Waals surface area contributed by atoms with Gasteiger partial charge >= 0.3 is 11.9 Å². The van der Waals surface area contributed by atoms with E-state index in [1.54, 1.807) is 41.1 Å². The number of nitrogens with zero attached hydrogens (tertiary/aromatic N) is 2. The van der Waals surface area contributed by atoms with Crippen LogP contribution in [-0.2, 0) is 66.7 Å². The highest BCUT2D eigenvalue weighted by molar-refractivity contribution is 6.39. The summed E-state index contributed by atoms with van der Waals surface area (Å²) < 4.78 is 47.0. The van der Waals surface area contributed by atoms with Crippen molar-refractivity contribution in [3.8, 4) is 0 Å². The molecule has 0 aromatic rings. The second kappa shape index (κ2) is 31.1. The summed E-state index contributed by atoms with van der Waals surface area (Å²) in [6.45, 7) is 15.8. The van der Waals surface area contributed by atoms with Gasteiger partial charge in [-0.15, -0.1) is 0 Å². The molecule has 1 amide bonds. The first-order chi connectivity index (χ1) is 36.7. The van der Waals surface area contributed by atoms with Gasteiger partial charge in [0.15, 0.2) is 5.78 Å². The van der Waals surface area contributed by atoms with Crippen molar-refractivity contribution in [3.63, 3.8) is 0 Å². The van der Waals surface area contributed by atoms with Gasteiger partial charge in [-0.2, -0.15) is 0 Å². The predicted molar refractivity (Wildman–Crippen MR) is 287 cm³/mol. The number of carbonyl (C=O) groups is 6. The largest absolute Gasteiger partial charge is 0.462 e. The molecule has 0 aromatic heterocycles. The molecule has 77 heavy (non-hydrogen) atoms. The van der Waals surface area contributed by atoms with E-state index in [1.165, 1.54) is 12.0 Å². The van der Waals surface area contributed by atoms with Gasteiger partial charge in [-0.3, -0.25) is 28.9 Å². The highest BCUT2D eigenvalue weighted by Gasteiger charge is 2.53. The van der Waals surface area contributed by atoms with Crippen molar-refractivity contribution in [2.24, 2.45) is 35.5 Å². The summed E-state index contributed by atoms with van der Waals surface area (Å²) >= 11 is 0. The zero-order chi connectivity index (χ0) is 56.4. The fourth-order valence-corrected chi connectivity index (χ4v) is 11.6. The van der Waals surface area contributed by atoms with Crippen LogP contribution in [-0.4, -0.2) is 184 Å². The van der Waals surface area contributed by atoms with Crippen molar-refractivity contribution >= 4 is 35.2 Å². The Bertz CT molecular complexity index is 2080. The molecule has 2 bridgehead atoms. The Morgan fingerprint density at radius 3 is 2.27 bits per heavy atom. The monoisotopic (exact) mass is 1080 g/mol. The fraction of sp³-hybridized carbons (Fsp3) is 0.763. The first kappa shape index (κ1) is 63.8. The van der Waals surface area contributed by atoms with E-state index in [-0.39, 0.29) is 86.6 Å². The SMILES string of the molecule is CO[C@H]1C[C@@H]2CC[C@@H](C)[C@@](O)(O2)C(=O)C(=O)N2CCCC[C@H]2C(=O)O[C@H]([C@H](C)C[C@H]2CC[C@@H](OCCOC(=O)CN3CCOCC3)[C@H](OC)C2)CC(=O)[C@H](C)/C=C(\C)[C@@H](O)[C@@H](OC)C(=O)[C@H](C)C[C@H](C)/C=C/C=C/C=C/1C. The maximum atomic E-state index is 14.6. The Kier molecular flexibility index (Phi) is 25.8. The third-order valence-electron chi connectivity index (χ3n) is 16.6. The summed E-state index contributed by atoms with van der Waals surface area (Å²) in [7, 11) is 4.59. The molecule has 0 aromatic carbocycles. The third kappa shape index (κ3) is 18.3. The molecule has 15 atom stereocenters. The lowest BCUT2D eigenvalue weighted by molar-refractivity contribution is -0.265. The first-order valence-corrected chi connectivity index (χ1v) is 28.3. The molecule has 4 heterocycles. The number of methoxy groups -OCH3 is 3. The number of fused-ring (bicyclic) bond motifs is 3. The van der Waals surface area contributed by atoms with E-state index in [1.807, 2.05) is 63.0 Å². The first-order valence-electron chi connectivity index (χ1n) is 28.3. The van der Waals surface area contributed by atoms with Crippen molar-refractivity contribution < 1.29 is 76.9 Å². The number of aliphatic hydroxyl groups is 2. The average molecular weight is 1090 g/mol. The number of ether oxygens (including phenoxy) is 8. The van der Waals surface area contributed by atoms with Gasteiger partial charge in [-0.25, -0.2) is 4.79 Å². The number of cyclic esters (lactones) is 1. The van der Waals surface area contributed by atoms with Crippen LogP contribution in [0.3, 0.4) is 0 Å². The summed E-state index contributed by atoms with van der Waals surface area (Å²) in [5, 5.41) is 23.6. The van der Waals surface area contributed by atoms with E-state index in [0.717, 1.165) is 12.0 Å². The Morgan fingerprint density at radius 2 is 1.57 bits per heavy atom. The summed E-state index contributed by atoms with van der Waals surface area (Å²) in [5.41, 5.74) is 1.25. The van der Waals surface area contributed by atoms with Crippen LogP contribution in [0.15, 0.2) is 47.6 Å². The molecule has 18 nitrogen and oxygen atoms in total. The van der Waals surface area contributed by atoms with Crippen LogP contribution in [0.25, 0.3) is 0 Å². The van der Waals surface area contributed by atoms with Crippen molar-refractivity contribution in [2.75, 3.05) is 73.9 Å². The van der Waals surface area contributed by atoms with E-state index in [9.17, 15) is 39.0 Å². The number of hydrogen-bond acceptors (Lipinski definition) is 17. The zero-order valence-corrected chi connectivity index (χ0v) is 47.7. The maximum absolute atomic E-state index is 14.6. The van der Waals surface area contributed by atoms with Crippen molar-refractivity contribution in [1.82, 2.24) is 9.80 Å². The number of piperidine rings is 1. The fourth-order valence-electron chi connectivity index (χ4n) is 11.6. The third-order valence-corrected chi connectivity index (χ3v) is 16.6. The number of carbonyl (C=O) groups excluding carboxylic acids is 6. The van der Waals surface area contributed by atoms with Gasteiger partial charge in [0.25, 0.3) is 11.7 Å². The molecule has 1 saturated carbocycles. The molecule has 434 valence electrons. The van der Waals surface area contributed by atoms with Crippen LogP contribution >= 0.6 is 0 Å². The van der Waals surface area contributed by atoms with Gasteiger partial charge in [0, 0.05) is 71.6 Å². The van der Waals surface area contributed by atoms with Crippen LogP contribution in [0.4, 0.5) is 0 Å². The van der Waals surface area contributed by atoms with Gasteiger partial charge < -0.3 is 53.0 Å². The molecule has 4 aliphatic heterocycles. The molecule has 0 spiro atoms. The minimum absolute atomic E-state index is 0.00543. The lowest BCUT2D eigenvalue weighted by atomic mass is 9.78. The average Bonchev–Trinajstić information content (AvgIpc) is 3.42. The summed E-state index contributed by atoms with van der Waals surface area (Å²) in [6.07, 6.45) is 11.5. The maximum Gasteiger partial charge on any atom is 0.329 e. The highest BCUT2D eigenvalue weighted by atomic mass is 16.6. The number of Topliss-reactive ketones (excluding diaryl/α,β-unsaturated/α-hetero) is 3. The second-order valence-electron chi connectivity index (χ2n) is 22.5. The summed E-state index contributed by atoms with van der Waals surface area (Å²) in [6, 6.07) is -1.17. The van der Waals surface area contributed by atoms with Crippen LogP contribution in [0.2, 0.25) is 0 Å². The van der Waals surface area contributed by atoms with Crippen molar-refractivity contribution in [2.45, 2.75) is 180 Å². The number of allylic oxidation sites excluding steroid dienone is 6. The normalized spacial score (nSPS) is 37.3. The highest BCUT2D eigenvalue weighted by Crippen LogP contribution is 2.38. The number of morpholine rings is 1. The molecule has 5 aliphatic rings. The standard InChI is InChI=1S/C59H92N2O16/c1-37-16-12-11-13-17-38(2)49(70-8)34-45-21-19-43(7)59(69,77-45)56(66)57(67)61-23-15-14-18-46(61)58(68)76-50(35-47(62)39(3)31-42(6)54(65)55(72-10)53(64)41(5)30-37)40(4)32-44-20-22-48(51(33-44)71-9)74-28-29-75-52(63)36-60-24-26-73-27-25-60/h11-13,16-17,31,37,39-41,43-46,48-51,54-55,65,69H,14-15,18-30,32-36H2,1-10H3/b13-11+,16-12+,38-17+,42-31+/t37-,39-,40-,41-,43-,44-,45+,46+,48-,49+,50+,51-,54-,55+,59-/m1/s1. The van der Waals surface area contributed by atoms with Crippen LogP contribution in [0, 0.1) is 35.5 Å². The Labute approximate surface area is 457 Å². The summed E-state index contributed by atoms with van der Waals surface area (Å²) in [4.78, 5) is 87.2. The Balaban J connectivity index is 1.38. The second-order valence-corrected chi connectivity index (χ2v) is 22.5. The lowest BCUT2D eigenvalue weighted by Gasteiger charge is -2.42. The van der Waals surface area contributed by atoms with Crippen LogP contribution < -0.4 is 0 Å². The van der Waals surface area contributed by atoms with Gasteiger partial charge in [0.1, 0.15) is 36.7 Å². The number of rotatable bonds is 12. The number of ketones is 3. The molecule has 0 unspecified atom stereocenters. The molecular weight excluding hydrogens is 993 g/mol. The quantitative estimate of drug-likeness (QED) is 0.0978. The predicted octanol–water partition coefficient (Wildman–Crippen LogP) is 6.08. The van der Waals surface area contributed by atoms with E-state index in [4.69, 9.17) is 37.9 Å². The molecule has 4 fully saturated rings. The Hall–Kier alpha value is -3.98. The number of aliphatic hydroxyl groups excluding tert-OH is 1. The van der Waals surface area contributed by atoms with Gasteiger partial charge in [-0.05, 0) is 107 Å². The van der Waals surface area contributed by atoms with Gasteiger partial charge in [-0.1, -0.05) is 71.1 Å². The molecule has 2 N–H and O–H groups in total. The molecule has 18 heteroatoms. The van der Waals surface area contributed by atoms with Gasteiger partial charge in [0.2, 0.25) is 5.79 Å². The minimum Gasteiger partial charge on any atom is -0.462 e. The zero-order valence-electron chi connectivity index (χ0n) is 47.7. The number of esters is 2. The van der Waals surface area contributed by atoms with E-state index < -0.39 is 77.8 Å². The van der Waals surface area contributed by atoms with E-state index in [2.05, 4.69) is 0 Å². The summed E-state index contributed by atoms with van der Waals surface area (Å²) in [5.74, 6) is -8.48. The molecule has 0 radical (unpaired) electrons. The molecule has 1 aliphatic carbocycles. The lowest BCUT2D eigenvalue weighted by Crippen LogP contribution is -2.61. The smallest absolute Gasteiger partial charge is 0.329 e. The topological polar surface area (TPSA) is 223 Å². The van der Waals surface area contributed by atoms with E-state index in [0.29, 0.717) is 89.7 Å². The Morgan fingerprint density at radius 1 is 0.831 bits per heavy atom. The minimum atomic E-state index is -2.45. The van der Waals surface area contributed by atoms with Gasteiger partial charge in [0.05, 0.1) is 50.8 Å². The number of amides is 1. The van der Waals surface area contributed by atoms with Crippen molar-refractivity contribution in [1.29, 1.82) is 0 Å².